The normalized spacial score (nSPS) is 13.5. The molecule has 0 spiro atoms. The van der Waals surface area contributed by atoms with Gasteiger partial charge in [0.05, 0.1) is 12.7 Å². The SMILES string of the molecule is COc1ccc(C(=O)COC(=O)c2ccc(CN3CCCC3=O)cc2)cc1F. The molecule has 7 heteroatoms. The van der Waals surface area contributed by atoms with Crippen molar-refractivity contribution in [1.29, 1.82) is 0 Å². The van der Waals surface area contributed by atoms with Crippen molar-refractivity contribution in [2.24, 2.45) is 0 Å². The van der Waals surface area contributed by atoms with E-state index in [0.717, 1.165) is 24.6 Å². The molecule has 0 unspecified atom stereocenters. The summed E-state index contributed by atoms with van der Waals surface area (Å²) in [6.07, 6.45) is 1.45. The third kappa shape index (κ3) is 4.54. The van der Waals surface area contributed by atoms with E-state index in [1.807, 2.05) is 0 Å². The molecule has 1 heterocycles. The van der Waals surface area contributed by atoms with Crippen LogP contribution in [-0.4, -0.2) is 42.8 Å². The zero-order chi connectivity index (χ0) is 20.1. The van der Waals surface area contributed by atoms with E-state index in [1.165, 1.54) is 19.2 Å². The Morgan fingerprint density at radius 3 is 2.43 bits per heavy atom. The topological polar surface area (TPSA) is 72.9 Å². The van der Waals surface area contributed by atoms with Crippen LogP contribution in [-0.2, 0) is 16.1 Å². The van der Waals surface area contributed by atoms with Gasteiger partial charge in [0.1, 0.15) is 0 Å². The number of esters is 1. The fourth-order valence-electron chi connectivity index (χ4n) is 2.98. The summed E-state index contributed by atoms with van der Waals surface area (Å²) < 4.78 is 23.5. The van der Waals surface area contributed by atoms with Crippen LogP contribution in [0.15, 0.2) is 42.5 Å². The van der Waals surface area contributed by atoms with E-state index < -0.39 is 24.2 Å². The molecule has 1 amide bonds. The van der Waals surface area contributed by atoms with Crippen LogP contribution in [0.5, 0.6) is 5.75 Å². The molecule has 1 aliphatic heterocycles. The van der Waals surface area contributed by atoms with Crippen LogP contribution >= 0.6 is 0 Å². The average molecular weight is 385 g/mol. The molecule has 0 N–H and O–H groups in total. The largest absolute Gasteiger partial charge is 0.494 e. The molecule has 28 heavy (non-hydrogen) atoms. The highest BCUT2D eigenvalue weighted by Crippen LogP contribution is 2.18. The number of nitrogens with zero attached hydrogens (tertiary/aromatic N) is 1. The Balaban J connectivity index is 1.55. The molecule has 6 nitrogen and oxygen atoms in total. The van der Waals surface area contributed by atoms with Gasteiger partial charge in [0, 0.05) is 25.1 Å². The lowest BCUT2D eigenvalue weighted by Crippen LogP contribution is -2.23. The van der Waals surface area contributed by atoms with Crippen molar-refractivity contribution in [3.8, 4) is 5.75 Å². The number of likely N-dealkylation sites (tertiary alicyclic amines) is 1. The third-order valence-corrected chi connectivity index (χ3v) is 4.54. The van der Waals surface area contributed by atoms with Crippen LogP contribution in [0, 0.1) is 5.82 Å². The molecule has 0 bridgehead atoms. The van der Waals surface area contributed by atoms with Gasteiger partial charge in [0.25, 0.3) is 0 Å². The number of methoxy groups -OCH3 is 1. The quantitative estimate of drug-likeness (QED) is 0.541. The minimum Gasteiger partial charge on any atom is -0.494 e. The number of ketones is 1. The molecule has 146 valence electrons. The average Bonchev–Trinajstić information content (AvgIpc) is 3.10. The molecule has 0 aliphatic carbocycles. The molecular formula is C21H20FNO5. The highest BCUT2D eigenvalue weighted by atomic mass is 19.1. The van der Waals surface area contributed by atoms with E-state index in [0.29, 0.717) is 18.5 Å². The van der Waals surface area contributed by atoms with E-state index in [2.05, 4.69) is 0 Å². The van der Waals surface area contributed by atoms with E-state index in [9.17, 15) is 18.8 Å². The number of hydrogen-bond acceptors (Lipinski definition) is 5. The lowest BCUT2D eigenvalue weighted by atomic mass is 10.1. The maximum absolute atomic E-state index is 13.7. The first kappa shape index (κ1) is 19.5. The summed E-state index contributed by atoms with van der Waals surface area (Å²) in [5, 5.41) is 0. The van der Waals surface area contributed by atoms with Gasteiger partial charge in [0.2, 0.25) is 5.91 Å². The van der Waals surface area contributed by atoms with Gasteiger partial charge >= 0.3 is 5.97 Å². The molecule has 3 rings (SSSR count). The first-order chi connectivity index (χ1) is 13.5. The van der Waals surface area contributed by atoms with E-state index in [-0.39, 0.29) is 17.2 Å². The summed E-state index contributed by atoms with van der Waals surface area (Å²) in [6.45, 7) is 0.765. The highest BCUT2D eigenvalue weighted by Gasteiger charge is 2.20. The summed E-state index contributed by atoms with van der Waals surface area (Å²) >= 11 is 0. The summed E-state index contributed by atoms with van der Waals surface area (Å²) in [5.74, 6) is -1.65. The van der Waals surface area contributed by atoms with Gasteiger partial charge in [-0.2, -0.15) is 0 Å². The lowest BCUT2D eigenvalue weighted by Gasteiger charge is -2.15. The first-order valence-corrected chi connectivity index (χ1v) is 8.88. The molecular weight excluding hydrogens is 365 g/mol. The predicted octanol–water partition coefficient (Wildman–Crippen LogP) is 3.00. The number of halogens is 1. The van der Waals surface area contributed by atoms with Crippen molar-refractivity contribution in [3.05, 3.63) is 65.0 Å². The van der Waals surface area contributed by atoms with Crippen molar-refractivity contribution >= 4 is 17.7 Å². The molecule has 0 aromatic heterocycles. The van der Waals surface area contributed by atoms with Crippen LogP contribution in [0.25, 0.3) is 0 Å². The van der Waals surface area contributed by atoms with Crippen LogP contribution in [0.4, 0.5) is 4.39 Å². The van der Waals surface area contributed by atoms with Crippen molar-refractivity contribution in [3.63, 3.8) is 0 Å². The highest BCUT2D eigenvalue weighted by molar-refractivity contribution is 5.99. The Hall–Kier alpha value is -3.22. The summed E-state index contributed by atoms with van der Waals surface area (Å²) in [4.78, 5) is 37.7. The van der Waals surface area contributed by atoms with E-state index in [1.54, 1.807) is 29.2 Å². The summed E-state index contributed by atoms with van der Waals surface area (Å²) in [7, 11) is 1.33. The van der Waals surface area contributed by atoms with Gasteiger partial charge in [-0.05, 0) is 42.3 Å². The van der Waals surface area contributed by atoms with Crippen LogP contribution in [0.3, 0.4) is 0 Å². The molecule has 1 fully saturated rings. The van der Waals surface area contributed by atoms with Crippen LogP contribution < -0.4 is 4.74 Å². The van der Waals surface area contributed by atoms with Gasteiger partial charge in [-0.1, -0.05) is 12.1 Å². The fraction of sp³-hybridized carbons (Fsp3) is 0.286. The number of amides is 1. The minimum atomic E-state index is -0.660. The van der Waals surface area contributed by atoms with Crippen molar-refractivity contribution in [2.45, 2.75) is 19.4 Å². The van der Waals surface area contributed by atoms with Crippen molar-refractivity contribution in [2.75, 3.05) is 20.3 Å². The van der Waals surface area contributed by atoms with Gasteiger partial charge < -0.3 is 14.4 Å². The van der Waals surface area contributed by atoms with Gasteiger partial charge in [-0.15, -0.1) is 0 Å². The number of carbonyl (C=O) groups excluding carboxylic acids is 3. The zero-order valence-corrected chi connectivity index (χ0v) is 15.4. The maximum atomic E-state index is 13.7. The molecule has 1 saturated heterocycles. The summed E-state index contributed by atoms with van der Waals surface area (Å²) in [6, 6.07) is 10.5. The number of Topliss-reactive ketones (excluding diaryl/α,β-unsaturated/α-hetero) is 1. The number of carbonyl (C=O) groups is 3. The van der Waals surface area contributed by atoms with Crippen LogP contribution in [0.2, 0.25) is 0 Å². The number of hydrogen-bond donors (Lipinski definition) is 0. The van der Waals surface area contributed by atoms with Crippen molar-refractivity contribution < 1.29 is 28.2 Å². The van der Waals surface area contributed by atoms with Crippen LogP contribution in [0.1, 0.15) is 39.1 Å². The molecule has 1 aliphatic rings. The summed E-state index contributed by atoms with van der Waals surface area (Å²) in [5.41, 5.74) is 1.30. The molecule has 0 saturated carbocycles. The van der Waals surface area contributed by atoms with Gasteiger partial charge in [-0.25, -0.2) is 9.18 Å². The minimum absolute atomic E-state index is 0.0317. The standard InChI is InChI=1S/C21H20FNO5/c1-27-19-9-8-16(11-17(19)22)18(24)13-28-21(26)15-6-4-14(5-7-15)12-23-10-2-3-20(23)25/h4-9,11H,2-3,10,12-13H2,1H3. The molecule has 2 aromatic rings. The lowest BCUT2D eigenvalue weighted by molar-refractivity contribution is -0.128. The maximum Gasteiger partial charge on any atom is 0.338 e. The van der Waals surface area contributed by atoms with E-state index >= 15 is 0 Å². The van der Waals surface area contributed by atoms with Gasteiger partial charge in [0.15, 0.2) is 24.0 Å². The Bertz CT molecular complexity index is 894. The Labute approximate surface area is 161 Å². The molecule has 0 atom stereocenters. The Morgan fingerprint density at radius 1 is 1.11 bits per heavy atom. The second-order valence-electron chi connectivity index (χ2n) is 6.46. The number of benzene rings is 2. The monoisotopic (exact) mass is 385 g/mol. The number of rotatable bonds is 7. The second kappa shape index (κ2) is 8.65. The van der Waals surface area contributed by atoms with Crippen molar-refractivity contribution in [1.82, 2.24) is 4.90 Å². The smallest absolute Gasteiger partial charge is 0.338 e. The molecule has 0 radical (unpaired) electrons. The zero-order valence-electron chi connectivity index (χ0n) is 15.4. The third-order valence-electron chi connectivity index (χ3n) is 4.54. The Morgan fingerprint density at radius 2 is 1.82 bits per heavy atom. The van der Waals surface area contributed by atoms with E-state index in [4.69, 9.17) is 9.47 Å². The Kier molecular flexibility index (Phi) is 6.03. The molecule has 2 aromatic carbocycles. The first-order valence-electron chi connectivity index (χ1n) is 8.88. The fourth-order valence-corrected chi connectivity index (χ4v) is 2.98. The number of ether oxygens (including phenoxy) is 2. The van der Waals surface area contributed by atoms with Gasteiger partial charge in [-0.3, -0.25) is 9.59 Å². The predicted molar refractivity (Wildman–Crippen MR) is 98.7 cm³/mol. The second-order valence-corrected chi connectivity index (χ2v) is 6.46.